The Balaban J connectivity index is 2.51. The molecule has 2 rings (SSSR count). The molecule has 1 aromatic carbocycles. The molecule has 1 heterocycles. The number of hydrogen-bond acceptors (Lipinski definition) is 2. The minimum absolute atomic E-state index is 0.0559. The van der Waals surface area contributed by atoms with Crippen LogP contribution < -0.4 is 11.4 Å². The van der Waals surface area contributed by atoms with Crippen LogP contribution in [0.5, 0.6) is 0 Å². The highest BCUT2D eigenvalue weighted by atomic mass is 16.1. The number of aromatic nitrogens is 2. The summed E-state index contributed by atoms with van der Waals surface area (Å²) in [6.07, 6.45) is 0.821. The van der Waals surface area contributed by atoms with E-state index in [2.05, 4.69) is 4.98 Å². The van der Waals surface area contributed by atoms with Crippen LogP contribution in [-0.2, 0) is 6.54 Å². The Morgan fingerprint density at radius 3 is 2.93 bits per heavy atom. The first kappa shape index (κ1) is 9.02. The van der Waals surface area contributed by atoms with Crippen LogP contribution in [0.2, 0.25) is 0 Å². The lowest BCUT2D eigenvalue weighted by Gasteiger charge is -2.00. The van der Waals surface area contributed by atoms with E-state index in [0.29, 0.717) is 13.1 Å². The quantitative estimate of drug-likeness (QED) is 0.749. The van der Waals surface area contributed by atoms with Crippen molar-refractivity contribution in [1.29, 1.82) is 0 Å². The van der Waals surface area contributed by atoms with Gasteiger partial charge in [0.2, 0.25) is 0 Å². The molecule has 14 heavy (non-hydrogen) atoms. The van der Waals surface area contributed by atoms with Gasteiger partial charge in [-0.2, -0.15) is 0 Å². The Labute approximate surface area is 81.3 Å². The van der Waals surface area contributed by atoms with Gasteiger partial charge in [-0.05, 0) is 25.1 Å². The smallest absolute Gasteiger partial charge is 0.326 e. The fourth-order valence-electron chi connectivity index (χ4n) is 1.58. The Hall–Kier alpha value is -1.55. The number of benzene rings is 1. The normalized spacial score (nSPS) is 10.9. The van der Waals surface area contributed by atoms with Crippen molar-refractivity contribution in [2.75, 3.05) is 6.54 Å². The van der Waals surface area contributed by atoms with E-state index in [1.807, 2.05) is 24.3 Å². The molecule has 2 aromatic rings. The van der Waals surface area contributed by atoms with Crippen molar-refractivity contribution in [3.05, 3.63) is 34.7 Å². The maximum Gasteiger partial charge on any atom is 0.326 e. The van der Waals surface area contributed by atoms with Gasteiger partial charge in [-0.25, -0.2) is 4.79 Å². The number of nitrogens with two attached hydrogens (primary N) is 1. The van der Waals surface area contributed by atoms with Crippen molar-refractivity contribution < 1.29 is 0 Å². The average Bonchev–Trinajstić information content (AvgIpc) is 2.51. The molecule has 4 heteroatoms. The van der Waals surface area contributed by atoms with Crippen molar-refractivity contribution in [3.63, 3.8) is 0 Å². The molecule has 0 saturated heterocycles. The summed E-state index contributed by atoms with van der Waals surface area (Å²) in [6, 6.07) is 7.67. The predicted octanol–water partition coefficient (Wildman–Crippen LogP) is 0.678. The van der Waals surface area contributed by atoms with E-state index in [1.54, 1.807) is 4.57 Å². The lowest BCUT2D eigenvalue weighted by atomic mass is 10.3. The lowest BCUT2D eigenvalue weighted by molar-refractivity contribution is 0.647. The Morgan fingerprint density at radius 1 is 1.36 bits per heavy atom. The van der Waals surface area contributed by atoms with Crippen LogP contribution in [0.3, 0.4) is 0 Å². The summed E-state index contributed by atoms with van der Waals surface area (Å²) in [5, 5.41) is 0. The summed E-state index contributed by atoms with van der Waals surface area (Å²) < 4.78 is 1.72. The highest BCUT2D eigenvalue weighted by Gasteiger charge is 2.03. The summed E-state index contributed by atoms with van der Waals surface area (Å²) in [6.45, 7) is 1.28. The van der Waals surface area contributed by atoms with Gasteiger partial charge in [-0.3, -0.25) is 4.57 Å². The molecule has 0 unspecified atom stereocenters. The minimum Gasteiger partial charge on any atom is -0.330 e. The molecule has 0 radical (unpaired) electrons. The molecule has 0 atom stereocenters. The van der Waals surface area contributed by atoms with Gasteiger partial charge in [0, 0.05) is 6.54 Å². The van der Waals surface area contributed by atoms with Crippen LogP contribution >= 0.6 is 0 Å². The maximum atomic E-state index is 11.5. The fourth-order valence-corrected chi connectivity index (χ4v) is 1.58. The van der Waals surface area contributed by atoms with E-state index < -0.39 is 0 Å². The fraction of sp³-hybridized carbons (Fsp3) is 0.300. The molecule has 0 aliphatic carbocycles. The first-order valence-electron chi connectivity index (χ1n) is 4.70. The SMILES string of the molecule is NCCCn1c(=O)[nH]c2ccccc21. The molecule has 0 aliphatic rings. The molecule has 0 bridgehead atoms. The molecule has 74 valence electrons. The third-order valence-electron chi connectivity index (χ3n) is 2.27. The monoisotopic (exact) mass is 191 g/mol. The van der Waals surface area contributed by atoms with Crippen molar-refractivity contribution in [3.8, 4) is 0 Å². The van der Waals surface area contributed by atoms with Crippen LogP contribution in [0.1, 0.15) is 6.42 Å². The number of nitrogens with one attached hydrogen (secondary N) is 1. The van der Waals surface area contributed by atoms with Gasteiger partial charge in [0.05, 0.1) is 11.0 Å². The number of imidazole rings is 1. The summed E-state index contributed by atoms with van der Waals surface area (Å²) in [7, 11) is 0. The number of para-hydroxylation sites is 2. The largest absolute Gasteiger partial charge is 0.330 e. The minimum atomic E-state index is -0.0559. The molecule has 1 aromatic heterocycles. The zero-order valence-corrected chi connectivity index (χ0v) is 7.86. The van der Waals surface area contributed by atoms with Crippen LogP contribution in [-0.4, -0.2) is 16.1 Å². The third kappa shape index (κ3) is 1.44. The highest BCUT2D eigenvalue weighted by Crippen LogP contribution is 2.08. The number of nitrogens with zero attached hydrogens (tertiary/aromatic N) is 1. The molecule has 0 saturated carbocycles. The standard InChI is InChI=1S/C10H13N3O/c11-6-3-7-13-9-5-2-1-4-8(9)12-10(13)14/h1-2,4-5H,3,6-7,11H2,(H,12,14). The van der Waals surface area contributed by atoms with E-state index in [4.69, 9.17) is 5.73 Å². The van der Waals surface area contributed by atoms with E-state index in [0.717, 1.165) is 17.5 Å². The number of H-pyrrole nitrogens is 1. The molecule has 4 nitrogen and oxygen atoms in total. The van der Waals surface area contributed by atoms with E-state index in [9.17, 15) is 4.79 Å². The summed E-state index contributed by atoms with van der Waals surface area (Å²) in [5.74, 6) is 0. The highest BCUT2D eigenvalue weighted by molar-refractivity contribution is 5.74. The Bertz CT molecular complexity index is 483. The van der Waals surface area contributed by atoms with Crippen LogP contribution in [0.25, 0.3) is 11.0 Å². The number of fused-ring (bicyclic) bond motifs is 1. The third-order valence-corrected chi connectivity index (χ3v) is 2.27. The van der Waals surface area contributed by atoms with E-state index in [1.165, 1.54) is 0 Å². The molecule has 0 amide bonds. The molecular formula is C10H13N3O. The molecule has 3 N–H and O–H groups in total. The van der Waals surface area contributed by atoms with Gasteiger partial charge in [0.15, 0.2) is 0 Å². The molecule has 0 aliphatic heterocycles. The van der Waals surface area contributed by atoms with E-state index in [-0.39, 0.29) is 5.69 Å². The van der Waals surface area contributed by atoms with Gasteiger partial charge in [0.1, 0.15) is 0 Å². The van der Waals surface area contributed by atoms with Crippen LogP contribution in [0.4, 0.5) is 0 Å². The second-order valence-corrected chi connectivity index (χ2v) is 3.24. The van der Waals surface area contributed by atoms with Gasteiger partial charge in [-0.1, -0.05) is 12.1 Å². The van der Waals surface area contributed by atoms with Gasteiger partial charge in [-0.15, -0.1) is 0 Å². The summed E-state index contributed by atoms with van der Waals surface area (Å²) in [4.78, 5) is 14.3. The zero-order valence-electron chi connectivity index (χ0n) is 7.86. The van der Waals surface area contributed by atoms with Gasteiger partial charge < -0.3 is 10.7 Å². The lowest BCUT2D eigenvalue weighted by Crippen LogP contribution is -2.18. The first-order valence-corrected chi connectivity index (χ1v) is 4.70. The van der Waals surface area contributed by atoms with Crippen molar-refractivity contribution >= 4 is 11.0 Å². The second-order valence-electron chi connectivity index (χ2n) is 3.24. The topological polar surface area (TPSA) is 63.8 Å². The molecule has 0 fully saturated rings. The zero-order chi connectivity index (χ0) is 9.97. The molecule has 0 spiro atoms. The van der Waals surface area contributed by atoms with Gasteiger partial charge in [0.25, 0.3) is 0 Å². The Kier molecular flexibility index (Phi) is 2.37. The van der Waals surface area contributed by atoms with Crippen molar-refractivity contribution in [2.24, 2.45) is 5.73 Å². The average molecular weight is 191 g/mol. The second kappa shape index (κ2) is 3.67. The summed E-state index contributed by atoms with van der Waals surface area (Å²) >= 11 is 0. The first-order chi connectivity index (χ1) is 6.83. The number of aromatic amines is 1. The summed E-state index contributed by atoms with van der Waals surface area (Å²) in [5.41, 5.74) is 7.19. The van der Waals surface area contributed by atoms with Crippen molar-refractivity contribution in [2.45, 2.75) is 13.0 Å². The Morgan fingerprint density at radius 2 is 2.14 bits per heavy atom. The predicted molar refractivity (Wildman–Crippen MR) is 56.2 cm³/mol. The van der Waals surface area contributed by atoms with Gasteiger partial charge >= 0.3 is 5.69 Å². The van der Waals surface area contributed by atoms with Crippen LogP contribution in [0, 0.1) is 0 Å². The number of rotatable bonds is 3. The van der Waals surface area contributed by atoms with E-state index >= 15 is 0 Å². The number of hydrogen-bond donors (Lipinski definition) is 2. The van der Waals surface area contributed by atoms with Crippen molar-refractivity contribution in [1.82, 2.24) is 9.55 Å². The van der Waals surface area contributed by atoms with Crippen LogP contribution in [0.15, 0.2) is 29.1 Å². The molecular weight excluding hydrogens is 178 g/mol. The number of aryl methyl sites for hydroxylation is 1. The maximum absolute atomic E-state index is 11.5.